The lowest BCUT2D eigenvalue weighted by Crippen LogP contribution is -2.35. The van der Waals surface area contributed by atoms with Gasteiger partial charge < -0.3 is 19.3 Å². The average Bonchev–Trinajstić information content (AvgIpc) is 2.60. The van der Waals surface area contributed by atoms with E-state index in [2.05, 4.69) is 4.99 Å². The lowest BCUT2D eigenvalue weighted by Gasteiger charge is -2.22. The number of rotatable bonds is 6. The maximum absolute atomic E-state index is 5.89. The Labute approximate surface area is 150 Å². The zero-order valence-corrected chi connectivity index (χ0v) is 15.7. The zero-order valence-electron chi connectivity index (χ0n) is 15.7. The van der Waals surface area contributed by atoms with Gasteiger partial charge in [-0.3, -0.25) is 0 Å². The first kappa shape index (κ1) is 18.6. The second-order valence-corrected chi connectivity index (χ2v) is 6.16. The molecule has 0 aliphatic carbocycles. The van der Waals surface area contributed by atoms with E-state index in [0.29, 0.717) is 13.2 Å². The van der Waals surface area contributed by atoms with Crippen LogP contribution in [0.4, 0.5) is 0 Å². The Hall–Kier alpha value is -2.69. The highest BCUT2D eigenvalue weighted by molar-refractivity contribution is 5.79. The molecule has 0 unspecified atom stereocenters. The van der Waals surface area contributed by atoms with E-state index in [1.165, 1.54) is 0 Å². The molecule has 2 rings (SSSR count). The van der Waals surface area contributed by atoms with Crippen molar-refractivity contribution in [2.75, 3.05) is 35.3 Å². The van der Waals surface area contributed by atoms with Crippen LogP contribution in [0, 0.1) is 0 Å². The molecule has 0 aromatic heterocycles. The lowest BCUT2D eigenvalue weighted by molar-refractivity contribution is 0.284. The number of hydrogen-bond donors (Lipinski definition) is 0. The number of methoxy groups -OCH3 is 1. The van der Waals surface area contributed by atoms with Crippen LogP contribution in [-0.4, -0.2) is 51.1 Å². The summed E-state index contributed by atoms with van der Waals surface area (Å²) in [6.45, 7) is 1.10. The lowest BCUT2D eigenvalue weighted by atomic mass is 10.2. The fourth-order valence-corrected chi connectivity index (χ4v) is 2.51. The van der Waals surface area contributed by atoms with Crippen molar-refractivity contribution in [3.05, 3.63) is 59.7 Å². The van der Waals surface area contributed by atoms with Crippen molar-refractivity contribution >= 4 is 5.96 Å². The van der Waals surface area contributed by atoms with Crippen molar-refractivity contribution in [3.8, 4) is 11.5 Å². The van der Waals surface area contributed by atoms with Crippen molar-refractivity contribution in [1.29, 1.82) is 0 Å². The van der Waals surface area contributed by atoms with Crippen LogP contribution in [0.15, 0.2) is 53.5 Å². The number of nitrogens with zero attached hydrogens (tertiary/aromatic N) is 3. The predicted molar refractivity (Wildman–Crippen MR) is 102 cm³/mol. The molecule has 134 valence electrons. The molecule has 0 saturated heterocycles. The number of aliphatic imine (C=N–C) groups is 1. The highest BCUT2D eigenvalue weighted by Gasteiger charge is 2.08. The number of hydrogen-bond acceptors (Lipinski definition) is 3. The van der Waals surface area contributed by atoms with Crippen LogP contribution < -0.4 is 9.47 Å². The minimum atomic E-state index is 0.514. The molecule has 0 atom stereocenters. The summed E-state index contributed by atoms with van der Waals surface area (Å²) < 4.78 is 11.4. The van der Waals surface area contributed by atoms with Crippen molar-refractivity contribution in [2.45, 2.75) is 13.2 Å². The Kier molecular flexibility index (Phi) is 6.69. The van der Waals surface area contributed by atoms with Gasteiger partial charge in [0.15, 0.2) is 17.5 Å². The number of guanidine groups is 1. The first-order valence-electron chi connectivity index (χ1n) is 8.24. The summed E-state index contributed by atoms with van der Waals surface area (Å²) in [7, 11) is 9.60. The fraction of sp³-hybridized carbons (Fsp3) is 0.350. The summed E-state index contributed by atoms with van der Waals surface area (Å²) in [6.07, 6.45) is 0. The van der Waals surface area contributed by atoms with Crippen LogP contribution >= 0.6 is 0 Å². The third-order valence-electron chi connectivity index (χ3n) is 3.67. The SMILES string of the molecule is COc1cc(CN=C(N(C)C)N(C)C)ccc1OCc1ccccc1. The van der Waals surface area contributed by atoms with Gasteiger partial charge in [0.25, 0.3) is 0 Å². The molecule has 2 aromatic carbocycles. The molecular weight excluding hydrogens is 314 g/mol. The third kappa shape index (κ3) is 5.41. The molecule has 0 N–H and O–H groups in total. The first-order chi connectivity index (χ1) is 12.0. The Morgan fingerprint density at radius 3 is 2.16 bits per heavy atom. The van der Waals surface area contributed by atoms with Gasteiger partial charge in [-0.05, 0) is 23.3 Å². The van der Waals surface area contributed by atoms with Gasteiger partial charge in [0.1, 0.15) is 6.61 Å². The van der Waals surface area contributed by atoms with E-state index in [0.717, 1.165) is 28.6 Å². The van der Waals surface area contributed by atoms with Crippen LogP contribution in [0.1, 0.15) is 11.1 Å². The monoisotopic (exact) mass is 341 g/mol. The van der Waals surface area contributed by atoms with E-state index < -0.39 is 0 Å². The van der Waals surface area contributed by atoms with Gasteiger partial charge in [-0.15, -0.1) is 0 Å². The van der Waals surface area contributed by atoms with Gasteiger partial charge in [0.2, 0.25) is 0 Å². The smallest absolute Gasteiger partial charge is 0.195 e. The van der Waals surface area contributed by atoms with E-state index in [1.807, 2.05) is 86.5 Å². The van der Waals surface area contributed by atoms with Gasteiger partial charge in [-0.25, -0.2) is 4.99 Å². The average molecular weight is 341 g/mol. The zero-order chi connectivity index (χ0) is 18.2. The van der Waals surface area contributed by atoms with E-state index in [9.17, 15) is 0 Å². The standard InChI is InChI=1S/C20H27N3O2/c1-22(2)20(23(3)4)21-14-17-11-12-18(19(13-17)24-5)25-15-16-9-7-6-8-10-16/h6-13H,14-15H2,1-5H3. The summed E-state index contributed by atoms with van der Waals surface area (Å²) in [5, 5.41) is 0. The van der Waals surface area contributed by atoms with E-state index in [4.69, 9.17) is 9.47 Å². The van der Waals surface area contributed by atoms with Crippen molar-refractivity contribution in [2.24, 2.45) is 4.99 Å². The van der Waals surface area contributed by atoms with Crippen molar-refractivity contribution in [3.63, 3.8) is 0 Å². The van der Waals surface area contributed by atoms with E-state index in [-0.39, 0.29) is 0 Å². The molecule has 0 aliphatic rings. The van der Waals surface area contributed by atoms with Crippen LogP contribution in [0.2, 0.25) is 0 Å². The van der Waals surface area contributed by atoms with Gasteiger partial charge in [0, 0.05) is 28.2 Å². The number of ether oxygens (including phenoxy) is 2. The van der Waals surface area contributed by atoms with E-state index >= 15 is 0 Å². The predicted octanol–water partition coefficient (Wildman–Crippen LogP) is 3.25. The molecule has 0 heterocycles. The molecule has 5 nitrogen and oxygen atoms in total. The molecule has 0 aliphatic heterocycles. The van der Waals surface area contributed by atoms with E-state index in [1.54, 1.807) is 7.11 Å². The molecule has 2 aromatic rings. The Bertz CT molecular complexity index is 687. The molecule has 25 heavy (non-hydrogen) atoms. The Morgan fingerprint density at radius 1 is 0.880 bits per heavy atom. The quantitative estimate of drug-likeness (QED) is 0.597. The van der Waals surface area contributed by atoms with Crippen LogP contribution in [0.5, 0.6) is 11.5 Å². The molecule has 0 saturated carbocycles. The summed E-state index contributed by atoms with van der Waals surface area (Å²) in [4.78, 5) is 8.65. The topological polar surface area (TPSA) is 37.3 Å². The molecule has 0 radical (unpaired) electrons. The van der Waals surface area contributed by atoms with Gasteiger partial charge >= 0.3 is 0 Å². The summed E-state index contributed by atoms with van der Waals surface area (Å²) in [5.41, 5.74) is 2.20. The Morgan fingerprint density at radius 2 is 1.56 bits per heavy atom. The Balaban J connectivity index is 2.09. The summed E-state index contributed by atoms with van der Waals surface area (Å²) >= 11 is 0. The van der Waals surface area contributed by atoms with Gasteiger partial charge in [-0.2, -0.15) is 0 Å². The molecule has 0 amide bonds. The first-order valence-corrected chi connectivity index (χ1v) is 8.24. The minimum Gasteiger partial charge on any atom is -0.493 e. The minimum absolute atomic E-state index is 0.514. The largest absolute Gasteiger partial charge is 0.493 e. The number of benzene rings is 2. The van der Waals surface area contributed by atoms with Crippen LogP contribution in [-0.2, 0) is 13.2 Å². The van der Waals surface area contributed by atoms with Crippen molar-refractivity contribution < 1.29 is 9.47 Å². The highest BCUT2D eigenvalue weighted by atomic mass is 16.5. The highest BCUT2D eigenvalue weighted by Crippen LogP contribution is 2.29. The molecule has 0 bridgehead atoms. The van der Waals surface area contributed by atoms with Crippen LogP contribution in [0.3, 0.4) is 0 Å². The maximum Gasteiger partial charge on any atom is 0.195 e. The third-order valence-corrected chi connectivity index (χ3v) is 3.67. The molecule has 0 fully saturated rings. The normalized spacial score (nSPS) is 10.1. The van der Waals surface area contributed by atoms with Gasteiger partial charge in [0.05, 0.1) is 13.7 Å². The summed E-state index contributed by atoms with van der Waals surface area (Å²) in [5.74, 6) is 2.38. The molecule has 0 spiro atoms. The summed E-state index contributed by atoms with van der Waals surface area (Å²) in [6, 6.07) is 16.0. The molecular formula is C20H27N3O2. The van der Waals surface area contributed by atoms with Crippen molar-refractivity contribution in [1.82, 2.24) is 9.80 Å². The maximum atomic E-state index is 5.89. The van der Waals surface area contributed by atoms with Crippen LogP contribution in [0.25, 0.3) is 0 Å². The second kappa shape index (κ2) is 8.97. The van der Waals surface area contributed by atoms with Gasteiger partial charge in [-0.1, -0.05) is 36.4 Å². The fourth-order valence-electron chi connectivity index (χ4n) is 2.51. The second-order valence-electron chi connectivity index (χ2n) is 6.16. The molecule has 5 heteroatoms.